The molecule has 0 fully saturated rings. The number of ether oxygens (including phenoxy) is 1. The van der Waals surface area contributed by atoms with Crippen molar-refractivity contribution < 1.29 is 14.5 Å². The number of esters is 1. The summed E-state index contributed by atoms with van der Waals surface area (Å²) in [6, 6.07) is 4.45. The zero-order chi connectivity index (χ0) is 14.7. The van der Waals surface area contributed by atoms with Crippen molar-refractivity contribution in [3.05, 3.63) is 51.8 Å². The number of carbonyl (C=O) groups excluding carboxylic acids is 1. The molecule has 1 aromatic heterocycles. The van der Waals surface area contributed by atoms with E-state index in [0.29, 0.717) is 23.4 Å². The van der Waals surface area contributed by atoms with Crippen molar-refractivity contribution in [3.63, 3.8) is 0 Å². The SMILES string of the molecule is CCOC(=O)c1cnn(-c2ccc([N+](=O)[O-])cc2C)c1. The average molecular weight is 275 g/mol. The standard InChI is InChI=1S/C13H13N3O4/c1-3-20-13(17)10-7-14-15(8-10)12-5-4-11(16(18)19)6-9(12)2/h4-8H,3H2,1-2H3. The maximum Gasteiger partial charge on any atom is 0.341 e. The highest BCUT2D eigenvalue weighted by atomic mass is 16.6. The van der Waals surface area contributed by atoms with Gasteiger partial charge in [-0.15, -0.1) is 0 Å². The van der Waals surface area contributed by atoms with Crippen LogP contribution in [0.25, 0.3) is 5.69 Å². The maximum atomic E-state index is 11.6. The highest BCUT2D eigenvalue weighted by molar-refractivity contribution is 5.88. The molecule has 0 radical (unpaired) electrons. The second kappa shape index (κ2) is 5.52. The fourth-order valence-electron chi connectivity index (χ4n) is 1.78. The number of aryl methyl sites for hydroxylation is 1. The van der Waals surface area contributed by atoms with E-state index in [-0.39, 0.29) is 5.69 Å². The molecular weight excluding hydrogens is 262 g/mol. The van der Waals surface area contributed by atoms with Gasteiger partial charge < -0.3 is 4.74 Å². The van der Waals surface area contributed by atoms with Gasteiger partial charge in [-0.1, -0.05) is 0 Å². The van der Waals surface area contributed by atoms with E-state index in [4.69, 9.17) is 4.74 Å². The van der Waals surface area contributed by atoms with Gasteiger partial charge in [0.25, 0.3) is 5.69 Å². The molecule has 0 N–H and O–H groups in total. The van der Waals surface area contributed by atoms with Gasteiger partial charge >= 0.3 is 5.97 Å². The topological polar surface area (TPSA) is 87.3 Å². The number of aromatic nitrogens is 2. The third-order valence-electron chi connectivity index (χ3n) is 2.73. The monoisotopic (exact) mass is 275 g/mol. The first-order valence-corrected chi connectivity index (χ1v) is 6.00. The molecule has 0 atom stereocenters. The van der Waals surface area contributed by atoms with Crippen LogP contribution in [0.4, 0.5) is 5.69 Å². The van der Waals surface area contributed by atoms with E-state index in [1.165, 1.54) is 29.2 Å². The minimum Gasteiger partial charge on any atom is -0.462 e. The van der Waals surface area contributed by atoms with E-state index in [0.717, 1.165) is 0 Å². The number of hydrogen-bond acceptors (Lipinski definition) is 5. The lowest BCUT2D eigenvalue weighted by Gasteiger charge is -2.05. The number of benzene rings is 1. The van der Waals surface area contributed by atoms with E-state index >= 15 is 0 Å². The quantitative estimate of drug-likeness (QED) is 0.485. The van der Waals surface area contributed by atoms with Crippen LogP contribution < -0.4 is 0 Å². The van der Waals surface area contributed by atoms with Gasteiger partial charge in [0.05, 0.1) is 29.0 Å². The van der Waals surface area contributed by atoms with Crippen molar-refractivity contribution in [1.82, 2.24) is 9.78 Å². The highest BCUT2D eigenvalue weighted by Crippen LogP contribution is 2.20. The summed E-state index contributed by atoms with van der Waals surface area (Å²) in [4.78, 5) is 21.8. The summed E-state index contributed by atoms with van der Waals surface area (Å²) in [7, 11) is 0. The molecule has 7 heteroatoms. The molecule has 20 heavy (non-hydrogen) atoms. The van der Waals surface area contributed by atoms with Crippen LogP contribution in [0.15, 0.2) is 30.6 Å². The molecule has 0 bridgehead atoms. The normalized spacial score (nSPS) is 10.3. The van der Waals surface area contributed by atoms with Gasteiger partial charge in [-0.05, 0) is 25.5 Å². The summed E-state index contributed by atoms with van der Waals surface area (Å²) in [5.41, 5.74) is 1.72. The molecule has 7 nitrogen and oxygen atoms in total. The van der Waals surface area contributed by atoms with E-state index in [2.05, 4.69) is 5.10 Å². The van der Waals surface area contributed by atoms with Crippen LogP contribution in [0.2, 0.25) is 0 Å². The molecule has 0 aliphatic heterocycles. The van der Waals surface area contributed by atoms with Gasteiger partial charge in [0.1, 0.15) is 0 Å². The van der Waals surface area contributed by atoms with Crippen molar-refractivity contribution in [1.29, 1.82) is 0 Å². The molecule has 1 heterocycles. The number of hydrogen-bond donors (Lipinski definition) is 0. The summed E-state index contributed by atoms with van der Waals surface area (Å²) in [5.74, 6) is -0.446. The third-order valence-corrected chi connectivity index (χ3v) is 2.73. The van der Waals surface area contributed by atoms with Gasteiger partial charge in [-0.3, -0.25) is 10.1 Å². The molecule has 104 valence electrons. The van der Waals surface area contributed by atoms with E-state index in [1.54, 1.807) is 19.9 Å². The fraction of sp³-hybridized carbons (Fsp3) is 0.231. The van der Waals surface area contributed by atoms with Crippen LogP contribution in [-0.4, -0.2) is 27.3 Å². The smallest absolute Gasteiger partial charge is 0.341 e. The van der Waals surface area contributed by atoms with Crippen LogP contribution >= 0.6 is 0 Å². The van der Waals surface area contributed by atoms with Crippen molar-refractivity contribution in [2.24, 2.45) is 0 Å². The number of non-ortho nitro benzene ring substituents is 1. The van der Waals surface area contributed by atoms with Crippen LogP contribution in [0.3, 0.4) is 0 Å². The van der Waals surface area contributed by atoms with Gasteiger partial charge in [-0.2, -0.15) is 5.10 Å². The Bertz CT molecular complexity index is 663. The van der Waals surface area contributed by atoms with Crippen LogP contribution in [0, 0.1) is 17.0 Å². The van der Waals surface area contributed by atoms with Crippen molar-refractivity contribution in [2.75, 3.05) is 6.61 Å². The van der Waals surface area contributed by atoms with E-state index < -0.39 is 10.9 Å². The summed E-state index contributed by atoms with van der Waals surface area (Å²) in [6.07, 6.45) is 2.94. The lowest BCUT2D eigenvalue weighted by molar-refractivity contribution is -0.384. The van der Waals surface area contributed by atoms with E-state index in [1.807, 2.05) is 0 Å². The Kier molecular flexibility index (Phi) is 3.79. The minimum absolute atomic E-state index is 0.0176. The lowest BCUT2D eigenvalue weighted by Crippen LogP contribution is -2.03. The second-order valence-corrected chi connectivity index (χ2v) is 4.12. The minimum atomic E-state index is -0.454. The Balaban J connectivity index is 2.33. The molecule has 0 spiro atoms. The van der Waals surface area contributed by atoms with Crippen LogP contribution in [0.5, 0.6) is 0 Å². The first kappa shape index (κ1) is 13.7. The Morgan fingerprint density at radius 3 is 2.85 bits per heavy atom. The van der Waals surface area contributed by atoms with Crippen LogP contribution in [-0.2, 0) is 4.74 Å². The molecule has 0 aliphatic carbocycles. The summed E-state index contributed by atoms with van der Waals surface area (Å²) < 4.78 is 6.37. The third kappa shape index (κ3) is 2.66. The van der Waals surface area contributed by atoms with Gasteiger partial charge in [0.2, 0.25) is 0 Å². The summed E-state index contributed by atoms with van der Waals surface area (Å²) in [6.45, 7) is 3.76. The Morgan fingerprint density at radius 1 is 1.50 bits per heavy atom. The molecular formula is C13H13N3O4. The fourth-order valence-corrected chi connectivity index (χ4v) is 1.78. The van der Waals surface area contributed by atoms with E-state index in [9.17, 15) is 14.9 Å². The van der Waals surface area contributed by atoms with Gasteiger partial charge in [-0.25, -0.2) is 9.48 Å². The number of rotatable bonds is 4. The Hall–Kier alpha value is -2.70. The predicted octanol–water partition coefficient (Wildman–Crippen LogP) is 2.27. The molecule has 1 aromatic carbocycles. The molecule has 2 aromatic rings. The highest BCUT2D eigenvalue weighted by Gasteiger charge is 2.13. The molecule has 0 aliphatic rings. The van der Waals surface area contributed by atoms with Crippen molar-refractivity contribution >= 4 is 11.7 Å². The lowest BCUT2D eigenvalue weighted by atomic mass is 10.2. The predicted molar refractivity (Wildman–Crippen MR) is 70.9 cm³/mol. The Morgan fingerprint density at radius 2 is 2.25 bits per heavy atom. The summed E-state index contributed by atoms with van der Waals surface area (Å²) in [5, 5.41) is 14.8. The van der Waals surface area contributed by atoms with Crippen molar-refractivity contribution in [2.45, 2.75) is 13.8 Å². The first-order valence-electron chi connectivity index (χ1n) is 6.00. The molecule has 0 saturated heterocycles. The van der Waals surface area contributed by atoms with Crippen molar-refractivity contribution in [3.8, 4) is 5.69 Å². The number of carbonyl (C=O) groups is 1. The zero-order valence-electron chi connectivity index (χ0n) is 11.1. The van der Waals surface area contributed by atoms with Gasteiger partial charge in [0.15, 0.2) is 0 Å². The Labute approximate surface area is 114 Å². The molecule has 2 rings (SSSR count). The largest absolute Gasteiger partial charge is 0.462 e. The van der Waals surface area contributed by atoms with Gasteiger partial charge in [0, 0.05) is 18.3 Å². The maximum absolute atomic E-state index is 11.6. The molecule has 0 unspecified atom stereocenters. The zero-order valence-corrected chi connectivity index (χ0v) is 11.1. The second-order valence-electron chi connectivity index (χ2n) is 4.12. The first-order chi connectivity index (χ1) is 9.52. The number of nitro groups is 1. The number of nitro benzene ring substituents is 1. The number of nitrogens with zero attached hydrogens (tertiary/aromatic N) is 3. The molecule has 0 amide bonds. The molecule has 0 saturated carbocycles. The van der Waals surface area contributed by atoms with Crippen LogP contribution in [0.1, 0.15) is 22.8 Å². The summed E-state index contributed by atoms with van der Waals surface area (Å²) >= 11 is 0. The average Bonchev–Trinajstić information content (AvgIpc) is 2.88.